The van der Waals surface area contributed by atoms with Crippen molar-refractivity contribution >= 4 is 13.4 Å². The molecule has 4 atom stereocenters. The van der Waals surface area contributed by atoms with Gasteiger partial charge in [0.1, 0.15) is 18.0 Å². The fourth-order valence-electron chi connectivity index (χ4n) is 1.79. The lowest BCUT2D eigenvalue weighted by Crippen LogP contribution is -2.36. The normalized spacial score (nSPS) is 29.7. The molecule has 12 heteroatoms. The van der Waals surface area contributed by atoms with E-state index in [-0.39, 0.29) is 5.82 Å². The summed E-state index contributed by atoms with van der Waals surface area (Å²) in [6.45, 7) is 0. The molecule has 1 fully saturated rings. The van der Waals surface area contributed by atoms with Crippen molar-refractivity contribution in [1.29, 1.82) is 0 Å². The van der Waals surface area contributed by atoms with E-state index in [0.29, 0.717) is 0 Å². The van der Waals surface area contributed by atoms with Crippen molar-refractivity contribution in [3.8, 4) is 0 Å². The SMILES string of the molecule is Nc1ccn(C2O[C@H](OCP(=O)(O)O)[C@@H](O)[C@H]2O)c(=O)n1. The van der Waals surface area contributed by atoms with Gasteiger partial charge in [0.15, 0.2) is 18.9 Å². The van der Waals surface area contributed by atoms with Crippen LogP contribution in [0.5, 0.6) is 0 Å². The van der Waals surface area contributed by atoms with E-state index in [9.17, 15) is 19.6 Å². The minimum Gasteiger partial charge on any atom is -0.385 e. The number of aliphatic hydroxyl groups excluding tert-OH is 2. The molecular weight excluding hydrogens is 309 g/mol. The molecule has 0 aromatic carbocycles. The summed E-state index contributed by atoms with van der Waals surface area (Å²) in [6, 6.07) is 1.29. The molecule has 0 amide bonds. The number of ether oxygens (including phenoxy) is 2. The average molecular weight is 323 g/mol. The van der Waals surface area contributed by atoms with Gasteiger partial charge in [-0.1, -0.05) is 0 Å². The van der Waals surface area contributed by atoms with E-state index < -0.39 is 44.4 Å². The summed E-state index contributed by atoms with van der Waals surface area (Å²) >= 11 is 0. The summed E-state index contributed by atoms with van der Waals surface area (Å²) in [7, 11) is -4.46. The number of aliphatic hydroxyl groups is 2. The van der Waals surface area contributed by atoms with Gasteiger partial charge >= 0.3 is 13.3 Å². The largest absolute Gasteiger partial charge is 0.385 e. The van der Waals surface area contributed by atoms with Crippen LogP contribution in [0.25, 0.3) is 0 Å². The zero-order valence-electron chi connectivity index (χ0n) is 10.5. The lowest BCUT2D eigenvalue weighted by molar-refractivity contribution is -0.168. The Morgan fingerprint density at radius 2 is 2.10 bits per heavy atom. The van der Waals surface area contributed by atoms with E-state index in [0.717, 1.165) is 4.57 Å². The monoisotopic (exact) mass is 323 g/mol. The molecule has 1 unspecified atom stereocenters. The Bertz CT molecular complexity index is 615. The first-order chi connectivity index (χ1) is 9.69. The minimum absolute atomic E-state index is 0.0291. The van der Waals surface area contributed by atoms with Crippen LogP contribution in [0.2, 0.25) is 0 Å². The van der Waals surface area contributed by atoms with Gasteiger partial charge in [0.25, 0.3) is 0 Å². The summed E-state index contributed by atoms with van der Waals surface area (Å²) in [4.78, 5) is 32.5. The maximum Gasteiger partial charge on any atom is 0.351 e. The highest BCUT2D eigenvalue weighted by molar-refractivity contribution is 7.51. The summed E-state index contributed by atoms with van der Waals surface area (Å²) in [5.74, 6) is -0.0291. The number of aromatic nitrogens is 2. The highest BCUT2D eigenvalue weighted by Gasteiger charge is 2.45. The van der Waals surface area contributed by atoms with Crippen molar-refractivity contribution in [1.82, 2.24) is 9.55 Å². The third-order valence-electron chi connectivity index (χ3n) is 2.73. The van der Waals surface area contributed by atoms with Gasteiger partial charge in [-0.3, -0.25) is 9.13 Å². The fraction of sp³-hybridized carbons (Fsp3) is 0.556. The molecule has 1 saturated heterocycles. The molecule has 2 heterocycles. The lowest BCUT2D eigenvalue weighted by Gasteiger charge is -2.16. The molecule has 1 aromatic rings. The molecule has 11 nitrogen and oxygen atoms in total. The van der Waals surface area contributed by atoms with E-state index >= 15 is 0 Å². The van der Waals surface area contributed by atoms with E-state index in [1.165, 1.54) is 12.3 Å². The maximum atomic E-state index is 11.6. The summed E-state index contributed by atoms with van der Waals surface area (Å²) in [5.41, 5.74) is 4.50. The molecule has 0 aliphatic carbocycles. The van der Waals surface area contributed by atoms with Crippen molar-refractivity contribution in [2.45, 2.75) is 24.7 Å². The first kappa shape index (κ1) is 16.0. The maximum absolute atomic E-state index is 11.6. The number of hydrogen-bond acceptors (Lipinski definition) is 8. The fourth-order valence-corrected chi connectivity index (χ4v) is 2.13. The molecule has 1 aromatic heterocycles. The molecule has 1 aliphatic heterocycles. The quantitative estimate of drug-likeness (QED) is 0.374. The molecule has 0 radical (unpaired) electrons. The van der Waals surface area contributed by atoms with Crippen LogP contribution in [0.15, 0.2) is 17.1 Å². The zero-order valence-corrected chi connectivity index (χ0v) is 11.4. The van der Waals surface area contributed by atoms with Crippen LogP contribution >= 0.6 is 7.60 Å². The van der Waals surface area contributed by atoms with Crippen molar-refractivity contribution in [2.75, 3.05) is 12.1 Å². The highest BCUT2D eigenvalue weighted by atomic mass is 31.2. The molecule has 0 saturated carbocycles. The van der Waals surface area contributed by atoms with Gasteiger partial charge in [0.05, 0.1) is 0 Å². The predicted octanol–water partition coefficient (Wildman–Crippen LogP) is -2.45. The second-order valence-corrected chi connectivity index (χ2v) is 5.97. The summed E-state index contributed by atoms with van der Waals surface area (Å²) < 4.78 is 21.4. The Labute approximate surface area is 117 Å². The second-order valence-electron chi connectivity index (χ2n) is 4.38. The van der Waals surface area contributed by atoms with Crippen LogP contribution in [0.1, 0.15) is 6.23 Å². The van der Waals surface area contributed by atoms with Crippen molar-refractivity contribution in [2.24, 2.45) is 0 Å². The van der Waals surface area contributed by atoms with Crippen molar-refractivity contribution < 1.29 is 34.0 Å². The number of rotatable bonds is 4. The Hall–Kier alpha value is -1.33. The van der Waals surface area contributed by atoms with Crippen LogP contribution in [0, 0.1) is 0 Å². The Morgan fingerprint density at radius 1 is 1.43 bits per heavy atom. The van der Waals surface area contributed by atoms with Crippen LogP contribution in [0.3, 0.4) is 0 Å². The molecule has 0 spiro atoms. The second kappa shape index (κ2) is 5.81. The van der Waals surface area contributed by atoms with E-state index in [1.807, 2.05) is 0 Å². The first-order valence-electron chi connectivity index (χ1n) is 5.71. The van der Waals surface area contributed by atoms with Gasteiger partial charge in [-0.05, 0) is 6.07 Å². The van der Waals surface area contributed by atoms with Gasteiger partial charge in [0, 0.05) is 6.20 Å². The smallest absolute Gasteiger partial charge is 0.351 e. The van der Waals surface area contributed by atoms with Crippen molar-refractivity contribution in [3.63, 3.8) is 0 Å². The lowest BCUT2D eigenvalue weighted by atomic mass is 10.2. The number of anilines is 1. The molecule has 2 rings (SSSR count). The number of hydrogen-bond donors (Lipinski definition) is 5. The van der Waals surface area contributed by atoms with Gasteiger partial charge in [-0.2, -0.15) is 4.98 Å². The van der Waals surface area contributed by atoms with Gasteiger partial charge in [-0.25, -0.2) is 4.79 Å². The highest BCUT2D eigenvalue weighted by Crippen LogP contribution is 2.37. The topological polar surface area (TPSA) is 177 Å². The Kier molecular flexibility index (Phi) is 4.44. The van der Waals surface area contributed by atoms with Crippen LogP contribution in [-0.4, -0.2) is 54.4 Å². The molecule has 118 valence electrons. The first-order valence-corrected chi connectivity index (χ1v) is 7.51. The number of nitrogens with two attached hydrogens (primary N) is 1. The number of nitrogens with zero attached hydrogens (tertiary/aromatic N) is 2. The Morgan fingerprint density at radius 3 is 2.67 bits per heavy atom. The zero-order chi connectivity index (χ0) is 15.8. The van der Waals surface area contributed by atoms with E-state index in [1.54, 1.807) is 0 Å². The van der Waals surface area contributed by atoms with Crippen molar-refractivity contribution in [3.05, 3.63) is 22.7 Å². The minimum atomic E-state index is -4.46. The van der Waals surface area contributed by atoms with Crippen LogP contribution < -0.4 is 11.4 Å². The van der Waals surface area contributed by atoms with E-state index in [2.05, 4.69) is 4.98 Å². The molecule has 6 N–H and O–H groups in total. The average Bonchev–Trinajstić information content (AvgIpc) is 2.64. The van der Waals surface area contributed by atoms with E-state index in [4.69, 9.17) is 25.0 Å². The van der Waals surface area contributed by atoms with Gasteiger partial charge < -0.3 is 35.2 Å². The third kappa shape index (κ3) is 3.66. The molecule has 1 aliphatic rings. The standard InChI is InChI=1S/C9H14N3O8P/c10-4-1-2-12(9(15)11-4)7-5(13)6(14)8(20-7)19-3-21(16,17)18/h1-2,5-8,13-14H,3H2,(H2,10,11,15)(H2,16,17,18)/t5-,6+,7?,8+/m1/s1. The molecular formula is C9H14N3O8P. The predicted molar refractivity (Wildman–Crippen MR) is 66.8 cm³/mol. The Balaban J connectivity index is 2.16. The van der Waals surface area contributed by atoms with Crippen LogP contribution in [0.4, 0.5) is 5.82 Å². The van der Waals surface area contributed by atoms with Crippen LogP contribution in [-0.2, 0) is 14.0 Å². The number of nitrogen functional groups attached to an aromatic ring is 1. The van der Waals surface area contributed by atoms with Gasteiger partial charge in [-0.15, -0.1) is 0 Å². The summed E-state index contributed by atoms with van der Waals surface area (Å²) in [5, 5.41) is 19.6. The third-order valence-corrected chi connectivity index (χ3v) is 3.21. The van der Waals surface area contributed by atoms with Gasteiger partial charge in [0.2, 0.25) is 0 Å². The molecule has 0 bridgehead atoms. The molecule has 21 heavy (non-hydrogen) atoms. The summed E-state index contributed by atoms with van der Waals surface area (Å²) in [6.07, 6.45) is -5.75.